The lowest BCUT2D eigenvalue weighted by atomic mass is 9.99. The van der Waals surface area contributed by atoms with Gasteiger partial charge in [-0.3, -0.25) is 9.59 Å². The van der Waals surface area contributed by atoms with Crippen molar-refractivity contribution in [2.75, 3.05) is 12.0 Å². The van der Waals surface area contributed by atoms with Gasteiger partial charge in [-0.15, -0.1) is 0 Å². The van der Waals surface area contributed by atoms with Crippen molar-refractivity contribution in [2.45, 2.75) is 58.7 Å². The van der Waals surface area contributed by atoms with E-state index in [9.17, 15) is 19.5 Å². The van der Waals surface area contributed by atoms with Crippen LogP contribution in [0.15, 0.2) is 0 Å². The van der Waals surface area contributed by atoms with Crippen molar-refractivity contribution in [1.29, 1.82) is 0 Å². The lowest BCUT2D eigenvalue weighted by Crippen LogP contribution is -2.56. The minimum Gasteiger partial charge on any atom is -0.480 e. The Morgan fingerprint density at radius 2 is 1.71 bits per heavy atom. The van der Waals surface area contributed by atoms with Crippen LogP contribution in [0.5, 0.6) is 0 Å². The van der Waals surface area contributed by atoms with Gasteiger partial charge in [-0.25, -0.2) is 4.79 Å². The number of rotatable bonds is 11. The van der Waals surface area contributed by atoms with Crippen molar-refractivity contribution in [3.63, 3.8) is 0 Å². The van der Waals surface area contributed by atoms with Crippen LogP contribution in [0.2, 0.25) is 0 Å². The first-order valence-electron chi connectivity index (χ1n) is 8.23. The van der Waals surface area contributed by atoms with Gasteiger partial charge in [0, 0.05) is 0 Å². The molecule has 0 fully saturated rings. The van der Waals surface area contributed by atoms with Crippen LogP contribution in [-0.4, -0.2) is 53.0 Å². The third-order valence-corrected chi connectivity index (χ3v) is 4.68. The Balaban J connectivity index is 5.01. The molecule has 0 saturated heterocycles. The van der Waals surface area contributed by atoms with Gasteiger partial charge in [0.1, 0.15) is 12.1 Å². The van der Waals surface area contributed by atoms with Crippen LogP contribution >= 0.6 is 11.8 Å². The van der Waals surface area contributed by atoms with Gasteiger partial charge >= 0.3 is 5.97 Å². The summed E-state index contributed by atoms with van der Waals surface area (Å²) in [6.07, 6.45) is 3.07. The van der Waals surface area contributed by atoms with E-state index in [0.29, 0.717) is 12.2 Å². The number of nitrogens with two attached hydrogens (primary N) is 1. The van der Waals surface area contributed by atoms with E-state index in [1.165, 1.54) is 0 Å². The molecule has 140 valence electrons. The molecule has 0 aliphatic heterocycles. The molecule has 0 aromatic rings. The van der Waals surface area contributed by atoms with Gasteiger partial charge in [-0.2, -0.15) is 11.8 Å². The van der Waals surface area contributed by atoms with Gasteiger partial charge in [0.15, 0.2) is 0 Å². The topological polar surface area (TPSA) is 122 Å². The van der Waals surface area contributed by atoms with Gasteiger partial charge in [0.2, 0.25) is 11.8 Å². The molecule has 0 aromatic carbocycles. The standard InChI is InChI=1S/C16H31N3O4S/c1-6-10(4)12(17)15(21)18-11(7-8-24-5)14(20)19-13(9(2)3)16(22)23/h9-13H,6-8,17H2,1-5H3,(H,18,21)(H,19,20)(H,22,23)/t10-,11-,12-,13-/m0/s1. The molecule has 7 nitrogen and oxygen atoms in total. The van der Waals surface area contributed by atoms with E-state index < -0.39 is 30.0 Å². The van der Waals surface area contributed by atoms with Crippen molar-refractivity contribution in [3.8, 4) is 0 Å². The molecule has 0 unspecified atom stereocenters. The highest BCUT2D eigenvalue weighted by Crippen LogP contribution is 2.08. The fourth-order valence-corrected chi connectivity index (χ4v) is 2.52. The molecule has 0 heterocycles. The lowest BCUT2D eigenvalue weighted by molar-refractivity contribution is -0.143. The molecule has 0 bridgehead atoms. The molecular formula is C16H31N3O4S. The van der Waals surface area contributed by atoms with E-state index in [0.717, 1.165) is 6.42 Å². The van der Waals surface area contributed by atoms with Crippen molar-refractivity contribution >= 4 is 29.5 Å². The normalized spacial score (nSPS) is 16.1. The van der Waals surface area contributed by atoms with Crippen molar-refractivity contribution in [1.82, 2.24) is 10.6 Å². The molecule has 4 atom stereocenters. The number of amides is 2. The average Bonchev–Trinajstić information content (AvgIpc) is 2.53. The molecule has 0 aliphatic rings. The summed E-state index contributed by atoms with van der Waals surface area (Å²) >= 11 is 1.55. The molecule has 0 radical (unpaired) electrons. The van der Waals surface area contributed by atoms with Crippen LogP contribution in [0.3, 0.4) is 0 Å². The summed E-state index contributed by atoms with van der Waals surface area (Å²) < 4.78 is 0. The highest BCUT2D eigenvalue weighted by molar-refractivity contribution is 7.98. The number of carboxylic acid groups (broad SMARTS) is 1. The summed E-state index contributed by atoms with van der Waals surface area (Å²) in [4.78, 5) is 35.9. The number of hydrogen-bond donors (Lipinski definition) is 4. The number of thioether (sulfide) groups is 1. The summed E-state index contributed by atoms with van der Waals surface area (Å²) in [5.41, 5.74) is 5.90. The van der Waals surface area contributed by atoms with Gasteiger partial charge in [0.05, 0.1) is 6.04 Å². The molecule has 2 amide bonds. The monoisotopic (exact) mass is 361 g/mol. The summed E-state index contributed by atoms with van der Waals surface area (Å²) in [6.45, 7) is 7.25. The molecule has 0 spiro atoms. The van der Waals surface area contributed by atoms with Crippen LogP contribution in [-0.2, 0) is 14.4 Å². The van der Waals surface area contributed by atoms with Gasteiger partial charge in [0.25, 0.3) is 0 Å². The minimum atomic E-state index is -1.09. The Morgan fingerprint density at radius 3 is 2.12 bits per heavy atom. The third kappa shape index (κ3) is 7.53. The Bertz CT molecular complexity index is 432. The van der Waals surface area contributed by atoms with E-state index in [2.05, 4.69) is 10.6 Å². The Kier molecular flexibility index (Phi) is 10.7. The summed E-state index contributed by atoms with van der Waals surface area (Å²) in [5.74, 6) is -1.57. The van der Waals surface area contributed by atoms with Gasteiger partial charge in [-0.1, -0.05) is 34.1 Å². The van der Waals surface area contributed by atoms with E-state index >= 15 is 0 Å². The molecular weight excluding hydrogens is 330 g/mol. The summed E-state index contributed by atoms with van der Waals surface area (Å²) in [5, 5.41) is 14.4. The number of carboxylic acids is 1. The third-order valence-electron chi connectivity index (χ3n) is 4.03. The van der Waals surface area contributed by atoms with Crippen LogP contribution in [0, 0.1) is 11.8 Å². The largest absolute Gasteiger partial charge is 0.480 e. The Labute approximate surface area is 148 Å². The Morgan fingerprint density at radius 1 is 1.12 bits per heavy atom. The number of carbonyl (C=O) groups is 3. The minimum absolute atomic E-state index is 0.00306. The van der Waals surface area contributed by atoms with Gasteiger partial charge in [-0.05, 0) is 30.3 Å². The first kappa shape index (κ1) is 22.7. The Hall–Kier alpha value is -1.28. The second-order valence-corrected chi connectivity index (χ2v) is 7.31. The number of carbonyl (C=O) groups excluding carboxylic acids is 2. The number of nitrogens with one attached hydrogen (secondary N) is 2. The number of hydrogen-bond acceptors (Lipinski definition) is 5. The predicted molar refractivity (Wildman–Crippen MR) is 96.8 cm³/mol. The second kappa shape index (κ2) is 11.3. The van der Waals surface area contributed by atoms with Crippen LogP contribution in [0.1, 0.15) is 40.5 Å². The van der Waals surface area contributed by atoms with E-state index in [4.69, 9.17) is 5.73 Å². The molecule has 8 heteroatoms. The van der Waals surface area contributed by atoms with Crippen LogP contribution in [0.25, 0.3) is 0 Å². The average molecular weight is 362 g/mol. The first-order valence-corrected chi connectivity index (χ1v) is 9.63. The summed E-state index contributed by atoms with van der Waals surface area (Å²) in [7, 11) is 0. The zero-order valence-electron chi connectivity index (χ0n) is 15.2. The van der Waals surface area contributed by atoms with Crippen molar-refractivity contribution < 1.29 is 19.5 Å². The zero-order valence-corrected chi connectivity index (χ0v) is 16.0. The summed E-state index contributed by atoms with van der Waals surface area (Å²) in [6, 6.07) is -2.48. The second-order valence-electron chi connectivity index (χ2n) is 6.32. The highest BCUT2D eigenvalue weighted by Gasteiger charge is 2.30. The molecule has 0 rings (SSSR count). The van der Waals surface area contributed by atoms with Gasteiger partial charge < -0.3 is 21.5 Å². The maximum Gasteiger partial charge on any atom is 0.326 e. The van der Waals surface area contributed by atoms with Crippen LogP contribution in [0.4, 0.5) is 0 Å². The van der Waals surface area contributed by atoms with E-state index in [-0.39, 0.29) is 17.7 Å². The maximum absolute atomic E-state index is 12.4. The zero-order chi connectivity index (χ0) is 18.9. The fraction of sp³-hybridized carbons (Fsp3) is 0.812. The fourth-order valence-electron chi connectivity index (χ4n) is 2.05. The molecule has 0 aromatic heterocycles. The maximum atomic E-state index is 12.4. The van der Waals surface area contributed by atoms with Crippen molar-refractivity contribution in [2.24, 2.45) is 17.6 Å². The van der Waals surface area contributed by atoms with E-state index in [1.54, 1.807) is 25.6 Å². The first-order chi connectivity index (χ1) is 11.1. The molecule has 0 saturated carbocycles. The molecule has 0 aliphatic carbocycles. The smallest absolute Gasteiger partial charge is 0.326 e. The highest BCUT2D eigenvalue weighted by atomic mass is 32.2. The van der Waals surface area contributed by atoms with E-state index in [1.807, 2.05) is 20.1 Å². The predicted octanol–water partition coefficient (Wildman–Crippen LogP) is 0.823. The van der Waals surface area contributed by atoms with Crippen molar-refractivity contribution in [3.05, 3.63) is 0 Å². The molecule has 5 N–H and O–H groups in total. The lowest BCUT2D eigenvalue weighted by Gasteiger charge is -2.25. The molecule has 24 heavy (non-hydrogen) atoms. The van der Waals surface area contributed by atoms with Crippen LogP contribution < -0.4 is 16.4 Å². The SMILES string of the molecule is CC[C@H](C)[C@H](N)C(=O)N[C@@H](CCSC)C(=O)N[C@H](C(=O)O)C(C)C. The number of aliphatic carboxylic acids is 1. The quantitative estimate of drug-likeness (QED) is 0.432.